The van der Waals surface area contributed by atoms with Crippen molar-refractivity contribution in [3.05, 3.63) is 84.2 Å². The SMILES string of the molecule is NC(=O)c1nccc2nc(-c3ccc(C[NH3+])cc3)c(-c3ccccc3)cc12. The fourth-order valence-electron chi connectivity index (χ4n) is 3.18. The molecule has 2 aromatic heterocycles. The van der Waals surface area contributed by atoms with Crippen LogP contribution in [0.3, 0.4) is 0 Å². The first-order chi connectivity index (χ1) is 13.2. The van der Waals surface area contributed by atoms with E-state index >= 15 is 0 Å². The second-order valence-corrected chi connectivity index (χ2v) is 6.29. The van der Waals surface area contributed by atoms with Gasteiger partial charge in [-0.2, -0.15) is 0 Å². The Labute approximate surface area is 156 Å². The van der Waals surface area contributed by atoms with Crippen LogP contribution in [0, 0.1) is 0 Å². The summed E-state index contributed by atoms with van der Waals surface area (Å²) in [5, 5.41) is 0.655. The summed E-state index contributed by atoms with van der Waals surface area (Å²) >= 11 is 0. The van der Waals surface area contributed by atoms with Crippen LogP contribution in [0.1, 0.15) is 16.1 Å². The Morgan fingerprint density at radius 3 is 2.37 bits per heavy atom. The Kier molecular flexibility index (Phi) is 4.36. The summed E-state index contributed by atoms with van der Waals surface area (Å²) in [5.41, 5.74) is 15.3. The van der Waals surface area contributed by atoms with Gasteiger partial charge in [0.2, 0.25) is 0 Å². The van der Waals surface area contributed by atoms with Crippen molar-refractivity contribution in [2.24, 2.45) is 5.73 Å². The molecule has 0 aliphatic carbocycles. The maximum Gasteiger partial charge on any atom is 0.268 e. The summed E-state index contributed by atoms with van der Waals surface area (Å²) in [6.45, 7) is 0.741. The second-order valence-electron chi connectivity index (χ2n) is 6.29. The zero-order chi connectivity index (χ0) is 18.8. The molecule has 0 fully saturated rings. The summed E-state index contributed by atoms with van der Waals surface area (Å²) < 4.78 is 0. The fourth-order valence-corrected chi connectivity index (χ4v) is 3.18. The lowest BCUT2D eigenvalue weighted by molar-refractivity contribution is -0.386. The zero-order valence-electron chi connectivity index (χ0n) is 14.7. The van der Waals surface area contributed by atoms with Gasteiger partial charge in [0.15, 0.2) is 0 Å². The summed E-state index contributed by atoms with van der Waals surface area (Å²) in [7, 11) is 0. The van der Waals surface area contributed by atoms with E-state index < -0.39 is 5.91 Å². The number of rotatable bonds is 4. The number of amides is 1. The monoisotopic (exact) mass is 355 g/mol. The molecule has 4 rings (SSSR count). The summed E-state index contributed by atoms with van der Waals surface area (Å²) in [6.07, 6.45) is 1.56. The van der Waals surface area contributed by atoms with Crippen LogP contribution in [0.2, 0.25) is 0 Å². The molecule has 0 spiro atoms. The minimum Gasteiger partial charge on any atom is -0.364 e. The highest BCUT2D eigenvalue weighted by molar-refractivity contribution is 6.05. The number of quaternary nitrogens is 1. The molecule has 5 heteroatoms. The van der Waals surface area contributed by atoms with Crippen molar-refractivity contribution < 1.29 is 10.5 Å². The van der Waals surface area contributed by atoms with E-state index in [1.54, 1.807) is 12.3 Å². The van der Waals surface area contributed by atoms with E-state index in [0.717, 1.165) is 28.9 Å². The normalized spacial score (nSPS) is 10.9. The third-order valence-electron chi connectivity index (χ3n) is 4.58. The molecule has 27 heavy (non-hydrogen) atoms. The number of fused-ring (bicyclic) bond motifs is 1. The van der Waals surface area contributed by atoms with Crippen LogP contribution >= 0.6 is 0 Å². The van der Waals surface area contributed by atoms with Crippen molar-refractivity contribution in [2.45, 2.75) is 6.54 Å². The smallest absolute Gasteiger partial charge is 0.268 e. The highest BCUT2D eigenvalue weighted by atomic mass is 16.1. The molecule has 0 aliphatic heterocycles. The van der Waals surface area contributed by atoms with Gasteiger partial charge in [-0.05, 0) is 17.7 Å². The van der Waals surface area contributed by atoms with Gasteiger partial charge < -0.3 is 11.5 Å². The number of aromatic nitrogens is 2. The van der Waals surface area contributed by atoms with Crippen LogP contribution in [-0.4, -0.2) is 15.9 Å². The molecule has 0 atom stereocenters. The van der Waals surface area contributed by atoms with Crippen LogP contribution in [0.5, 0.6) is 0 Å². The van der Waals surface area contributed by atoms with Gasteiger partial charge in [-0.3, -0.25) is 9.78 Å². The zero-order valence-corrected chi connectivity index (χ0v) is 14.7. The van der Waals surface area contributed by atoms with E-state index in [-0.39, 0.29) is 5.69 Å². The minimum absolute atomic E-state index is 0.233. The predicted molar refractivity (Wildman–Crippen MR) is 106 cm³/mol. The number of hydrogen-bond donors (Lipinski definition) is 2. The van der Waals surface area contributed by atoms with E-state index in [2.05, 4.69) is 35.0 Å². The summed E-state index contributed by atoms with van der Waals surface area (Å²) in [5.74, 6) is -0.561. The Morgan fingerprint density at radius 2 is 1.70 bits per heavy atom. The molecule has 4 aromatic rings. The first-order valence-corrected chi connectivity index (χ1v) is 8.71. The van der Waals surface area contributed by atoms with Crippen molar-refractivity contribution in [3.63, 3.8) is 0 Å². The molecule has 5 N–H and O–H groups in total. The predicted octanol–water partition coefficient (Wildman–Crippen LogP) is 2.80. The van der Waals surface area contributed by atoms with E-state index in [1.807, 2.05) is 36.4 Å². The van der Waals surface area contributed by atoms with Gasteiger partial charge in [0.05, 0.1) is 17.8 Å². The van der Waals surface area contributed by atoms with Crippen molar-refractivity contribution >= 4 is 16.8 Å². The molecular weight excluding hydrogens is 336 g/mol. The summed E-state index contributed by atoms with van der Waals surface area (Å²) in [4.78, 5) is 20.8. The molecule has 1 amide bonds. The van der Waals surface area contributed by atoms with Crippen LogP contribution in [0.15, 0.2) is 72.9 Å². The highest BCUT2D eigenvalue weighted by Gasteiger charge is 2.15. The van der Waals surface area contributed by atoms with E-state index in [4.69, 9.17) is 10.7 Å². The van der Waals surface area contributed by atoms with Crippen molar-refractivity contribution in [3.8, 4) is 22.4 Å². The Hall–Kier alpha value is -3.57. The molecular formula is C22H19N4O+. The molecule has 132 valence electrons. The average molecular weight is 355 g/mol. The Morgan fingerprint density at radius 1 is 0.963 bits per heavy atom. The molecule has 0 radical (unpaired) electrons. The van der Waals surface area contributed by atoms with E-state index in [0.29, 0.717) is 10.9 Å². The second kappa shape index (κ2) is 6.97. The van der Waals surface area contributed by atoms with Crippen LogP contribution < -0.4 is 11.5 Å². The lowest BCUT2D eigenvalue weighted by Gasteiger charge is -2.13. The summed E-state index contributed by atoms with van der Waals surface area (Å²) in [6, 6.07) is 22.0. The first kappa shape index (κ1) is 16.9. The topological polar surface area (TPSA) is 96.5 Å². The van der Waals surface area contributed by atoms with Crippen molar-refractivity contribution in [1.82, 2.24) is 9.97 Å². The average Bonchev–Trinajstić information content (AvgIpc) is 2.73. The van der Waals surface area contributed by atoms with E-state index in [1.165, 1.54) is 5.56 Å². The van der Waals surface area contributed by atoms with Crippen LogP contribution in [0.25, 0.3) is 33.3 Å². The van der Waals surface area contributed by atoms with Gasteiger partial charge >= 0.3 is 0 Å². The number of nitrogens with two attached hydrogens (primary N) is 1. The molecule has 5 nitrogen and oxygen atoms in total. The quantitative estimate of drug-likeness (QED) is 0.589. The molecule has 0 unspecified atom stereocenters. The Bertz CT molecular complexity index is 1120. The Balaban J connectivity index is 2.02. The standard InChI is InChI=1S/C22H18N4O/c23-13-14-6-8-16(9-7-14)20-17(15-4-2-1-3-5-15)12-18-19(26-20)10-11-25-21(18)22(24)27/h1-12H,13,23H2,(H2,24,27)/p+1. The highest BCUT2D eigenvalue weighted by Crippen LogP contribution is 2.34. The van der Waals surface area contributed by atoms with Crippen LogP contribution in [-0.2, 0) is 6.54 Å². The molecule has 0 aliphatic rings. The largest absolute Gasteiger partial charge is 0.364 e. The van der Waals surface area contributed by atoms with Crippen molar-refractivity contribution in [2.75, 3.05) is 0 Å². The van der Waals surface area contributed by atoms with Gasteiger partial charge in [-0.1, -0.05) is 54.6 Å². The maximum atomic E-state index is 11.8. The molecule has 2 aromatic carbocycles. The third kappa shape index (κ3) is 3.16. The maximum absolute atomic E-state index is 11.8. The first-order valence-electron chi connectivity index (χ1n) is 8.71. The number of primary amides is 1. The lowest BCUT2D eigenvalue weighted by atomic mass is 9.96. The van der Waals surface area contributed by atoms with Gasteiger partial charge in [-0.15, -0.1) is 0 Å². The number of carbonyl (C=O) groups excluding carboxylic acids is 1. The molecule has 2 heterocycles. The lowest BCUT2D eigenvalue weighted by Crippen LogP contribution is -2.47. The number of benzene rings is 2. The minimum atomic E-state index is -0.561. The van der Waals surface area contributed by atoms with Gasteiger partial charge in [-0.25, -0.2) is 4.98 Å². The molecule has 0 bridgehead atoms. The third-order valence-corrected chi connectivity index (χ3v) is 4.58. The van der Waals surface area contributed by atoms with Gasteiger partial charge in [0, 0.05) is 28.3 Å². The number of nitrogens with zero attached hydrogens (tertiary/aromatic N) is 2. The van der Waals surface area contributed by atoms with E-state index in [9.17, 15) is 4.79 Å². The van der Waals surface area contributed by atoms with Crippen LogP contribution in [0.4, 0.5) is 0 Å². The van der Waals surface area contributed by atoms with Crippen molar-refractivity contribution in [1.29, 1.82) is 0 Å². The molecule has 0 saturated heterocycles. The fraction of sp³-hybridized carbons (Fsp3) is 0.0455. The number of hydrogen-bond acceptors (Lipinski definition) is 3. The molecule has 0 saturated carbocycles. The van der Waals surface area contributed by atoms with Gasteiger partial charge in [0.1, 0.15) is 5.69 Å². The number of pyridine rings is 2. The number of carbonyl (C=O) groups is 1. The van der Waals surface area contributed by atoms with Gasteiger partial charge in [0.25, 0.3) is 5.91 Å².